The third kappa shape index (κ3) is 16.0. The van der Waals surface area contributed by atoms with Gasteiger partial charge in [0.1, 0.15) is 4.90 Å². The molecule has 13 nitrogen and oxygen atoms in total. The molecule has 72 heavy (non-hydrogen) atoms. The Kier molecular flexibility index (Phi) is 19.7. The topological polar surface area (TPSA) is 144 Å². The summed E-state index contributed by atoms with van der Waals surface area (Å²) in [7, 11) is -8.23. The van der Waals surface area contributed by atoms with Gasteiger partial charge < -0.3 is 29.6 Å². The van der Waals surface area contributed by atoms with E-state index in [0.717, 1.165) is 85.6 Å². The molecule has 4 aromatic rings. The predicted octanol–water partition coefficient (Wildman–Crippen LogP) is 10.2. The zero-order chi connectivity index (χ0) is 51.5. The van der Waals surface area contributed by atoms with E-state index in [1.165, 1.54) is 47.7 Å². The molecule has 0 saturated carbocycles. The zero-order valence-electron chi connectivity index (χ0n) is 40.9. The van der Waals surface area contributed by atoms with E-state index >= 15 is 0 Å². The number of halogens is 4. The first-order valence-corrected chi connectivity index (χ1v) is 29.5. The molecule has 2 fully saturated rings. The summed E-state index contributed by atoms with van der Waals surface area (Å²) in [4.78, 5) is 32.6. The van der Waals surface area contributed by atoms with E-state index in [-0.39, 0.29) is 29.0 Å². The molecule has 0 spiro atoms. The van der Waals surface area contributed by atoms with Crippen molar-refractivity contribution in [3.8, 4) is 0 Å². The molecule has 1 aliphatic carbocycles. The molecule has 2 heterocycles. The van der Waals surface area contributed by atoms with Gasteiger partial charge in [-0.2, -0.15) is 13.2 Å². The maximum atomic E-state index is 14.3. The summed E-state index contributed by atoms with van der Waals surface area (Å²) in [6, 6.07) is 28.2. The van der Waals surface area contributed by atoms with Gasteiger partial charge in [0.2, 0.25) is 0 Å². The van der Waals surface area contributed by atoms with Gasteiger partial charge in [0.25, 0.3) is 15.7 Å². The summed E-state index contributed by atoms with van der Waals surface area (Å²) in [6.07, 6.45) is 3.68. The second-order valence-electron chi connectivity index (χ2n) is 19.2. The Morgan fingerprint density at radius 1 is 0.875 bits per heavy atom. The summed E-state index contributed by atoms with van der Waals surface area (Å²) in [5.41, 5.74) is -0.0467. The van der Waals surface area contributed by atoms with E-state index in [1.54, 1.807) is 12.1 Å². The van der Waals surface area contributed by atoms with Gasteiger partial charge in [-0.25, -0.2) is 8.42 Å². The Bertz CT molecular complexity index is 2620. The number of hydrogen-bond acceptors (Lipinski definition) is 13. The Balaban J connectivity index is 0.958. The molecule has 392 valence electrons. The molecule has 2 atom stereocenters. The maximum Gasteiger partial charge on any atom is 0.501 e. The first kappa shape index (κ1) is 56.1. The Labute approximate surface area is 435 Å². The summed E-state index contributed by atoms with van der Waals surface area (Å²) >= 11 is 8.45. The number of piperazine rings is 2. The quantitative estimate of drug-likeness (QED) is 0.0297. The Morgan fingerprint density at radius 2 is 1.53 bits per heavy atom. The van der Waals surface area contributed by atoms with Crippen LogP contribution in [0.4, 0.5) is 24.5 Å². The SMILES string of the molecule is COCOP(=O)(O)CCN1CCN(CCC(CSc2ccccc2)Nc2ccc(SNC(=O)c3ccc(N4CCN(CC5=C(c6ccc(Cl)cc6)CCC(C)(C)C5)CC4)cc3)cc2S(=O)(=O)C(F)(F)F)CC1. The van der Waals surface area contributed by atoms with Crippen LogP contribution in [0.1, 0.15) is 55.5 Å². The van der Waals surface area contributed by atoms with Gasteiger partial charge in [-0.15, -0.1) is 11.8 Å². The number of carbonyl (C=O) groups is 1. The van der Waals surface area contributed by atoms with Crippen LogP contribution in [0.3, 0.4) is 0 Å². The maximum absolute atomic E-state index is 14.3. The number of thioether (sulfide) groups is 1. The lowest BCUT2D eigenvalue weighted by molar-refractivity contribution is -0.0435. The number of anilines is 2. The molecule has 2 saturated heterocycles. The van der Waals surface area contributed by atoms with Crippen molar-refractivity contribution < 1.29 is 45.1 Å². The van der Waals surface area contributed by atoms with Crippen LogP contribution in [0.15, 0.2) is 117 Å². The highest BCUT2D eigenvalue weighted by Gasteiger charge is 2.48. The van der Waals surface area contributed by atoms with Crippen molar-refractivity contribution in [3.63, 3.8) is 0 Å². The predicted molar refractivity (Wildman–Crippen MR) is 284 cm³/mol. The number of nitrogens with zero attached hydrogens (tertiary/aromatic N) is 4. The summed E-state index contributed by atoms with van der Waals surface area (Å²) in [5, 5.41) is 3.88. The smallest absolute Gasteiger partial charge is 0.380 e. The number of hydrogen-bond donors (Lipinski definition) is 3. The van der Waals surface area contributed by atoms with E-state index in [1.807, 2.05) is 54.6 Å². The van der Waals surface area contributed by atoms with Crippen LogP contribution < -0.4 is 14.9 Å². The number of ether oxygens (including phenoxy) is 1. The Hall–Kier alpha value is -3.59. The van der Waals surface area contributed by atoms with E-state index in [2.05, 4.69) is 55.6 Å². The summed E-state index contributed by atoms with van der Waals surface area (Å²) in [6.45, 7) is 12.3. The van der Waals surface area contributed by atoms with Gasteiger partial charge in [0.15, 0.2) is 6.79 Å². The number of allylic oxidation sites excluding steroid dienone is 1. The molecule has 0 radical (unpaired) electrons. The highest BCUT2D eigenvalue weighted by atomic mass is 35.5. The van der Waals surface area contributed by atoms with E-state index in [9.17, 15) is 35.8 Å². The van der Waals surface area contributed by atoms with Crippen molar-refractivity contribution in [1.29, 1.82) is 0 Å². The van der Waals surface area contributed by atoms with Gasteiger partial charge in [0.05, 0.1) is 11.8 Å². The number of nitrogens with one attached hydrogen (secondary N) is 2. The van der Waals surface area contributed by atoms with Gasteiger partial charge in [-0.05, 0) is 121 Å². The average molecular weight is 1090 g/mol. The third-order valence-electron chi connectivity index (χ3n) is 13.3. The minimum atomic E-state index is -5.82. The molecule has 1 amide bonds. The lowest BCUT2D eigenvalue weighted by atomic mass is 9.73. The van der Waals surface area contributed by atoms with E-state index in [4.69, 9.17) is 20.9 Å². The molecule has 3 aliphatic rings. The number of carbonyl (C=O) groups excluding carboxylic acids is 1. The first-order valence-electron chi connectivity index (χ1n) is 24.1. The van der Waals surface area contributed by atoms with Crippen molar-refractivity contribution in [1.82, 2.24) is 19.4 Å². The highest BCUT2D eigenvalue weighted by molar-refractivity contribution is 7.99. The largest absolute Gasteiger partial charge is 0.501 e. The minimum absolute atomic E-state index is 0.0361. The van der Waals surface area contributed by atoms with Crippen LogP contribution in [0, 0.1) is 5.41 Å². The minimum Gasteiger partial charge on any atom is -0.380 e. The van der Waals surface area contributed by atoms with Crippen molar-refractivity contribution in [2.45, 2.75) is 65.8 Å². The van der Waals surface area contributed by atoms with Crippen molar-refractivity contribution in [3.05, 3.63) is 119 Å². The average Bonchev–Trinajstić information content (AvgIpc) is 3.36. The number of alkyl halides is 3. The lowest BCUT2D eigenvalue weighted by Gasteiger charge is -2.39. The highest BCUT2D eigenvalue weighted by Crippen LogP contribution is 2.44. The zero-order valence-corrected chi connectivity index (χ0v) is 45.0. The molecule has 7 rings (SSSR count). The third-order valence-corrected chi connectivity index (χ3v) is 18.3. The van der Waals surface area contributed by atoms with E-state index in [0.29, 0.717) is 57.0 Å². The standard InChI is InChI=1S/C51H65ClF3N6O7PS3/c1-50(2)21-19-46(38-9-13-41(52)14-10-38)40(34-50)35-60-27-29-61(30-28-60)43-15-11-39(12-16-43)49(62)57-71-45-17-18-47(48(33-45)72(65,66)51(53,54)55)56-42(36-70-44-7-5-4-6-8-44)20-22-58-23-25-59(26-24-58)31-32-69(63,64)68-37-67-3/h4-18,33,42,56H,19-32,34-37H2,1-3H3,(H,57,62)(H,63,64). The first-order chi connectivity index (χ1) is 34.3. The monoisotopic (exact) mass is 1090 g/mol. The van der Waals surface area contributed by atoms with E-state index < -0.39 is 39.8 Å². The fourth-order valence-electron chi connectivity index (χ4n) is 9.19. The number of sulfone groups is 1. The molecule has 0 aromatic heterocycles. The molecular weight excluding hydrogens is 1030 g/mol. The molecule has 2 aliphatic heterocycles. The van der Waals surface area contributed by atoms with Gasteiger partial charge in [0, 0.05) is 117 Å². The second-order valence-corrected chi connectivity index (χ2v) is 25.5. The van der Waals surface area contributed by atoms with Gasteiger partial charge in [-0.3, -0.25) is 23.5 Å². The number of amides is 1. The van der Waals surface area contributed by atoms with Crippen molar-refractivity contribution in [2.24, 2.45) is 5.41 Å². The van der Waals surface area contributed by atoms with Gasteiger partial charge >= 0.3 is 13.1 Å². The fourth-order valence-corrected chi connectivity index (χ4v) is 12.9. The second kappa shape index (κ2) is 25.3. The van der Waals surface area contributed by atoms with Crippen LogP contribution in [-0.4, -0.2) is 143 Å². The number of benzene rings is 4. The number of methoxy groups -OCH3 is 1. The van der Waals surface area contributed by atoms with Crippen molar-refractivity contribution in [2.75, 3.05) is 108 Å². The van der Waals surface area contributed by atoms with Crippen LogP contribution >= 0.6 is 42.9 Å². The molecule has 2 unspecified atom stereocenters. The fraction of sp³-hybridized carbons (Fsp3) is 0.471. The molecule has 3 N–H and O–H groups in total. The van der Waals surface area contributed by atoms with Crippen LogP contribution in [-0.2, 0) is 23.7 Å². The van der Waals surface area contributed by atoms with Gasteiger partial charge in [-0.1, -0.05) is 61.4 Å². The van der Waals surface area contributed by atoms with Crippen molar-refractivity contribution >= 4 is 75.6 Å². The van der Waals surface area contributed by atoms with Crippen LogP contribution in [0.5, 0.6) is 0 Å². The lowest BCUT2D eigenvalue weighted by Crippen LogP contribution is -2.48. The number of rotatable bonds is 22. The molecule has 4 aromatic carbocycles. The normalized spacial score (nSPS) is 18.7. The molecule has 0 bridgehead atoms. The van der Waals surface area contributed by atoms with Crippen LogP contribution in [0.25, 0.3) is 5.57 Å². The summed E-state index contributed by atoms with van der Waals surface area (Å²) < 4.78 is 93.9. The summed E-state index contributed by atoms with van der Waals surface area (Å²) in [5.74, 6) is -0.0594. The van der Waals surface area contributed by atoms with Crippen LogP contribution in [0.2, 0.25) is 5.02 Å². The Morgan fingerprint density at radius 3 is 2.18 bits per heavy atom. The molecule has 21 heteroatoms. The molecular formula is C51H65ClF3N6O7PS3.